The highest BCUT2D eigenvalue weighted by Gasteiger charge is 2.18. The summed E-state index contributed by atoms with van der Waals surface area (Å²) in [5.74, 6) is 0. The highest BCUT2D eigenvalue weighted by atomic mass is 15.2. The van der Waals surface area contributed by atoms with Crippen LogP contribution < -0.4 is 9.80 Å². The fraction of sp³-hybridized carbons (Fsp3) is 0. The van der Waals surface area contributed by atoms with E-state index in [0.717, 1.165) is 34.1 Å². The van der Waals surface area contributed by atoms with Gasteiger partial charge in [-0.3, -0.25) is 0 Å². The number of anilines is 6. The van der Waals surface area contributed by atoms with Crippen molar-refractivity contribution in [1.29, 1.82) is 0 Å². The van der Waals surface area contributed by atoms with Crippen LogP contribution in [0.15, 0.2) is 218 Å². The molecule has 0 unspecified atom stereocenters. The van der Waals surface area contributed by atoms with Crippen molar-refractivity contribution in [2.75, 3.05) is 9.80 Å². The van der Waals surface area contributed by atoms with Crippen LogP contribution in [0, 0.1) is 0 Å². The van der Waals surface area contributed by atoms with Gasteiger partial charge in [0.05, 0.1) is 0 Å². The topological polar surface area (TPSA) is 6.48 Å². The Morgan fingerprint density at radius 2 is 0.712 bits per heavy atom. The van der Waals surface area contributed by atoms with E-state index in [0.29, 0.717) is 0 Å². The molecule has 0 aromatic heterocycles. The Kier molecular flexibility index (Phi) is 8.24. The van der Waals surface area contributed by atoms with Crippen molar-refractivity contribution >= 4 is 55.7 Å². The molecule has 0 radical (unpaired) electrons. The second-order valence-electron chi connectivity index (χ2n) is 13.1. The summed E-state index contributed by atoms with van der Waals surface area (Å²) in [6.45, 7) is 0. The fourth-order valence-corrected chi connectivity index (χ4v) is 7.28. The number of hydrogen-bond acceptors (Lipinski definition) is 2. The number of nitrogens with zero attached hydrogens (tertiary/aromatic N) is 2. The molecule has 0 aliphatic carbocycles. The van der Waals surface area contributed by atoms with Gasteiger partial charge in [-0.1, -0.05) is 146 Å². The Balaban J connectivity index is 1.19. The summed E-state index contributed by atoms with van der Waals surface area (Å²) in [7, 11) is 0. The van der Waals surface area contributed by atoms with Crippen LogP contribution in [0.25, 0.3) is 43.8 Å². The van der Waals surface area contributed by atoms with E-state index in [2.05, 4.69) is 228 Å². The van der Waals surface area contributed by atoms with Crippen LogP contribution in [-0.2, 0) is 0 Å². The summed E-state index contributed by atoms with van der Waals surface area (Å²) in [4.78, 5) is 4.71. The van der Waals surface area contributed by atoms with E-state index < -0.39 is 0 Å². The van der Waals surface area contributed by atoms with Crippen molar-refractivity contribution in [2.45, 2.75) is 0 Å². The molecule has 0 N–H and O–H groups in total. The highest BCUT2D eigenvalue weighted by Crippen LogP contribution is 2.42. The summed E-state index contributed by atoms with van der Waals surface area (Å²) >= 11 is 0. The smallest absolute Gasteiger partial charge is 0.0482 e. The number of fused-ring (bicyclic) bond motifs is 2. The maximum absolute atomic E-state index is 2.36. The predicted molar refractivity (Wildman–Crippen MR) is 222 cm³/mol. The SMILES string of the molecule is c1ccc(-c2cccc(N(c3ccccc3)c3cccc(N(c4ccccc4)c4ccc5cccc(-c6ccc7ccccc7c6)c5c4)c3)c2)cc1. The van der Waals surface area contributed by atoms with Crippen LogP contribution in [0.1, 0.15) is 0 Å². The molecule has 0 fully saturated rings. The van der Waals surface area contributed by atoms with Crippen molar-refractivity contribution < 1.29 is 0 Å². The molecule has 0 bridgehead atoms. The molecule has 9 rings (SSSR count). The van der Waals surface area contributed by atoms with Crippen LogP contribution in [-0.4, -0.2) is 0 Å². The van der Waals surface area contributed by atoms with E-state index in [4.69, 9.17) is 0 Å². The van der Waals surface area contributed by atoms with Gasteiger partial charge in [0.2, 0.25) is 0 Å². The predicted octanol–water partition coefficient (Wildman–Crippen LogP) is 14.3. The lowest BCUT2D eigenvalue weighted by atomic mass is 9.95. The molecule has 0 amide bonds. The van der Waals surface area contributed by atoms with Crippen molar-refractivity contribution in [3.05, 3.63) is 218 Å². The zero-order valence-electron chi connectivity index (χ0n) is 28.7. The molecule has 0 saturated heterocycles. The third kappa shape index (κ3) is 6.08. The van der Waals surface area contributed by atoms with E-state index in [1.54, 1.807) is 0 Å². The van der Waals surface area contributed by atoms with Gasteiger partial charge in [-0.05, 0) is 117 Å². The molecule has 9 aromatic carbocycles. The van der Waals surface area contributed by atoms with Crippen molar-refractivity contribution in [1.82, 2.24) is 0 Å². The second-order valence-corrected chi connectivity index (χ2v) is 13.1. The van der Waals surface area contributed by atoms with Gasteiger partial charge in [0.25, 0.3) is 0 Å². The quantitative estimate of drug-likeness (QED) is 0.159. The van der Waals surface area contributed by atoms with Gasteiger partial charge in [0.1, 0.15) is 0 Å². The average molecular weight is 665 g/mol. The number of benzene rings is 9. The molecule has 0 heterocycles. The van der Waals surface area contributed by atoms with Gasteiger partial charge < -0.3 is 9.80 Å². The van der Waals surface area contributed by atoms with Crippen LogP contribution in [0.4, 0.5) is 34.1 Å². The third-order valence-corrected chi connectivity index (χ3v) is 9.77. The molecule has 0 saturated carbocycles. The van der Waals surface area contributed by atoms with Crippen LogP contribution in [0.5, 0.6) is 0 Å². The van der Waals surface area contributed by atoms with Crippen LogP contribution in [0.3, 0.4) is 0 Å². The van der Waals surface area contributed by atoms with E-state index >= 15 is 0 Å². The number of para-hydroxylation sites is 2. The normalized spacial score (nSPS) is 11.1. The van der Waals surface area contributed by atoms with E-state index in [1.807, 2.05) is 0 Å². The molecule has 2 heteroatoms. The Hall–Kier alpha value is -6.90. The Morgan fingerprint density at radius 3 is 1.40 bits per heavy atom. The first kappa shape index (κ1) is 31.1. The van der Waals surface area contributed by atoms with Crippen molar-refractivity contribution in [3.63, 3.8) is 0 Å². The standard InChI is InChI=1S/C50H36N2/c1-4-15-37(16-5-1)41-20-12-25-45(34-41)51(43-21-6-2-7-22-43)46-26-14-27-47(35-46)52(44-23-8-3-9-24-44)48-32-31-39-19-13-28-49(50(39)36-48)42-30-29-38-17-10-11-18-40(38)33-42/h1-36H. The first-order valence-corrected chi connectivity index (χ1v) is 17.8. The Labute approximate surface area is 305 Å². The molecule has 9 aromatic rings. The molecular weight excluding hydrogens is 629 g/mol. The maximum atomic E-state index is 2.36. The zero-order valence-corrected chi connectivity index (χ0v) is 28.7. The molecule has 246 valence electrons. The molecular formula is C50H36N2. The zero-order chi connectivity index (χ0) is 34.7. The lowest BCUT2D eigenvalue weighted by Crippen LogP contribution is -2.13. The minimum Gasteiger partial charge on any atom is -0.310 e. The second kappa shape index (κ2) is 13.8. The lowest BCUT2D eigenvalue weighted by molar-refractivity contribution is 1.25. The Morgan fingerprint density at radius 1 is 0.231 bits per heavy atom. The monoisotopic (exact) mass is 664 g/mol. The van der Waals surface area contributed by atoms with Gasteiger partial charge in [0, 0.05) is 34.1 Å². The van der Waals surface area contributed by atoms with Gasteiger partial charge in [-0.25, -0.2) is 0 Å². The van der Waals surface area contributed by atoms with Gasteiger partial charge in [-0.15, -0.1) is 0 Å². The number of rotatable bonds is 8. The minimum absolute atomic E-state index is 1.08. The number of hydrogen-bond donors (Lipinski definition) is 0. The third-order valence-electron chi connectivity index (χ3n) is 9.77. The van der Waals surface area contributed by atoms with Crippen molar-refractivity contribution in [3.8, 4) is 22.3 Å². The average Bonchev–Trinajstić information content (AvgIpc) is 3.22. The van der Waals surface area contributed by atoms with Gasteiger partial charge in [0.15, 0.2) is 0 Å². The molecule has 0 atom stereocenters. The van der Waals surface area contributed by atoms with E-state index in [-0.39, 0.29) is 0 Å². The van der Waals surface area contributed by atoms with E-state index in [9.17, 15) is 0 Å². The van der Waals surface area contributed by atoms with Gasteiger partial charge >= 0.3 is 0 Å². The largest absolute Gasteiger partial charge is 0.310 e. The van der Waals surface area contributed by atoms with Crippen LogP contribution >= 0.6 is 0 Å². The minimum atomic E-state index is 1.08. The summed E-state index contributed by atoms with van der Waals surface area (Å²) in [6, 6.07) is 78.3. The molecule has 0 aliphatic rings. The summed E-state index contributed by atoms with van der Waals surface area (Å²) < 4.78 is 0. The first-order valence-electron chi connectivity index (χ1n) is 17.8. The molecule has 0 aliphatic heterocycles. The highest BCUT2D eigenvalue weighted by molar-refractivity contribution is 6.01. The summed E-state index contributed by atoms with van der Waals surface area (Å²) in [6.07, 6.45) is 0. The fourth-order valence-electron chi connectivity index (χ4n) is 7.28. The van der Waals surface area contributed by atoms with Gasteiger partial charge in [-0.2, -0.15) is 0 Å². The Bertz CT molecular complexity index is 2630. The lowest BCUT2D eigenvalue weighted by Gasteiger charge is -2.30. The maximum Gasteiger partial charge on any atom is 0.0482 e. The molecule has 2 nitrogen and oxygen atoms in total. The summed E-state index contributed by atoms with van der Waals surface area (Å²) in [5.41, 5.74) is 11.4. The van der Waals surface area contributed by atoms with E-state index in [1.165, 1.54) is 43.8 Å². The molecule has 52 heavy (non-hydrogen) atoms. The van der Waals surface area contributed by atoms with Crippen molar-refractivity contribution in [2.24, 2.45) is 0 Å². The van der Waals surface area contributed by atoms with Crippen LogP contribution in [0.2, 0.25) is 0 Å². The molecule has 0 spiro atoms. The summed E-state index contributed by atoms with van der Waals surface area (Å²) in [5, 5.41) is 4.92. The first-order chi connectivity index (χ1) is 25.8.